The van der Waals surface area contributed by atoms with Crippen LogP contribution in [0.4, 0.5) is 5.82 Å². The van der Waals surface area contributed by atoms with Gasteiger partial charge in [0.05, 0.1) is 5.52 Å². The second-order valence-electron chi connectivity index (χ2n) is 7.68. The Bertz CT molecular complexity index is 1150. The third-order valence-electron chi connectivity index (χ3n) is 5.59. The minimum atomic E-state index is 0.761. The second kappa shape index (κ2) is 8.16. The number of hydrogen-bond acceptors (Lipinski definition) is 6. The summed E-state index contributed by atoms with van der Waals surface area (Å²) in [6.07, 6.45) is 5.44. The molecule has 0 unspecified atom stereocenters. The lowest BCUT2D eigenvalue weighted by molar-refractivity contribution is 0.250. The van der Waals surface area contributed by atoms with Gasteiger partial charge in [-0.3, -0.25) is 14.9 Å². The summed E-state index contributed by atoms with van der Waals surface area (Å²) in [7, 11) is 0. The summed E-state index contributed by atoms with van der Waals surface area (Å²) in [5, 5.41) is 1.20. The van der Waals surface area contributed by atoms with Gasteiger partial charge in [-0.15, -0.1) is 0 Å². The van der Waals surface area contributed by atoms with Gasteiger partial charge in [0.1, 0.15) is 5.82 Å². The zero-order valence-electron chi connectivity index (χ0n) is 17.1. The number of nitrogens with zero attached hydrogens (tertiary/aromatic N) is 6. The summed E-state index contributed by atoms with van der Waals surface area (Å²) < 4.78 is 0. The van der Waals surface area contributed by atoms with E-state index >= 15 is 0 Å². The number of anilines is 1. The van der Waals surface area contributed by atoms with Crippen LogP contribution in [0.5, 0.6) is 0 Å². The summed E-state index contributed by atoms with van der Waals surface area (Å²) in [5.41, 5.74) is 4.38. The molecule has 0 bridgehead atoms. The fourth-order valence-corrected chi connectivity index (χ4v) is 4.01. The highest BCUT2D eigenvalue weighted by Crippen LogP contribution is 2.22. The van der Waals surface area contributed by atoms with Crippen molar-refractivity contribution in [1.29, 1.82) is 0 Å². The molecule has 1 aliphatic rings. The molecule has 0 radical (unpaired) electrons. The van der Waals surface area contributed by atoms with Crippen molar-refractivity contribution in [3.05, 3.63) is 78.4 Å². The Morgan fingerprint density at radius 3 is 2.50 bits per heavy atom. The van der Waals surface area contributed by atoms with E-state index in [9.17, 15) is 0 Å². The predicted octanol–water partition coefficient (Wildman–Crippen LogP) is 3.72. The van der Waals surface area contributed by atoms with Crippen molar-refractivity contribution in [2.24, 2.45) is 0 Å². The minimum Gasteiger partial charge on any atom is -0.354 e. The van der Waals surface area contributed by atoms with Crippen molar-refractivity contribution < 1.29 is 0 Å². The van der Waals surface area contributed by atoms with Gasteiger partial charge in [0.15, 0.2) is 5.82 Å². The molecule has 30 heavy (non-hydrogen) atoms. The fourth-order valence-electron chi connectivity index (χ4n) is 4.01. The molecule has 4 aromatic rings. The first-order valence-corrected chi connectivity index (χ1v) is 10.3. The third-order valence-corrected chi connectivity index (χ3v) is 5.59. The first-order valence-electron chi connectivity index (χ1n) is 10.3. The van der Waals surface area contributed by atoms with Gasteiger partial charge in [0.2, 0.25) is 0 Å². The molecule has 1 aromatic carbocycles. The Kier molecular flexibility index (Phi) is 5.07. The summed E-state index contributed by atoms with van der Waals surface area (Å²) in [6.45, 7) is 6.84. The molecule has 1 saturated heterocycles. The van der Waals surface area contributed by atoms with Gasteiger partial charge in [0.25, 0.3) is 0 Å². The molecule has 5 rings (SSSR count). The Hall–Kier alpha value is -3.38. The van der Waals surface area contributed by atoms with E-state index in [1.807, 2.05) is 31.3 Å². The smallest absolute Gasteiger partial charge is 0.161 e. The number of rotatable bonds is 4. The standard InChI is InChI=1S/C24H24N6/c1-18-16-22(28-24(27-18)20-7-10-25-11-8-20)30-14-12-29(13-15-30)17-21-5-2-4-19-6-3-9-26-23(19)21/h2-11,16H,12-15,17H2,1H3. The Morgan fingerprint density at radius 1 is 0.867 bits per heavy atom. The van der Waals surface area contributed by atoms with E-state index in [4.69, 9.17) is 4.98 Å². The largest absolute Gasteiger partial charge is 0.354 e. The van der Waals surface area contributed by atoms with Crippen LogP contribution in [-0.2, 0) is 6.54 Å². The van der Waals surface area contributed by atoms with Crippen LogP contribution in [0.25, 0.3) is 22.3 Å². The number of aromatic nitrogens is 4. The van der Waals surface area contributed by atoms with E-state index in [1.165, 1.54) is 10.9 Å². The van der Waals surface area contributed by atoms with Crippen molar-refractivity contribution in [1.82, 2.24) is 24.8 Å². The maximum atomic E-state index is 4.84. The number of fused-ring (bicyclic) bond motifs is 1. The molecule has 0 N–H and O–H groups in total. The molecule has 1 aliphatic heterocycles. The van der Waals surface area contributed by atoms with Crippen molar-refractivity contribution in [2.75, 3.05) is 31.1 Å². The van der Waals surface area contributed by atoms with Gasteiger partial charge in [-0.05, 0) is 30.7 Å². The normalized spacial score (nSPS) is 14.9. The number of hydrogen-bond donors (Lipinski definition) is 0. The molecule has 0 aliphatic carbocycles. The molecule has 6 nitrogen and oxygen atoms in total. The lowest BCUT2D eigenvalue weighted by Crippen LogP contribution is -2.46. The summed E-state index contributed by atoms with van der Waals surface area (Å²) in [6, 6.07) is 16.5. The number of para-hydroxylation sites is 1. The molecule has 0 atom stereocenters. The first-order chi connectivity index (χ1) is 14.8. The van der Waals surface area contributed by atoms with Gasteiger partial charge in [0, 0.05) is 74.0 Å². The first kappa shape index (κ1) is 18.6. The number of benzene rings is 1. The van der Waals surface area contributed by atoms with Gasteiger partial charge >= 0.3 is 0 Å². The van der Waals surface area contributed by atoms with Gasteiger partial charge in [-0.1, -0.05) is 24.3 Å². The molecular weight excluding hydrogens is 372 g/mol. The molecule has 0 amide bonds. The molecule has 0 spiro atoms. The van der Waals surface area contributed by atoms with Crippen LogP contribution in [0.1, 0.15) is 11.3 Å². The SMILES string of the molecule is Cc1cc(N2CCN(Cc3cccc4cccnc34)CC2)nc(-c2ccncc2)n1. The Balaban J connectivity index is 1.30. The van der Waals surface area contributed by atoms with Crippen molar-refractivity contribution >= 4 is 16.7 Å². The predicted molar refractivity (Wildman–Crippen MR) is 119 cm³/mol. The number of aryl methyl sites for hydroxylation is 1. The second-order valence-corrected chi connectivity index (χ2v) is 7.68. The number of piperazine rings is 1. The molecule has 3 aromatic heterocycles. The fraction of sp³-hybridized carbons (Fsp3) is 0.250. The van der Waals surface area contributed by atoms with Crippen LogP contribution in [0.15, 0.2) is 67.1 Å². The van der Waals surface area contributed by atoms with Crippen LogP contribution in [0.3, 0.4) is 0 Å². The Morgan fingerprint density at radius 2 is 1.67 bits per heavy atom. The maximum absolute atomic E-state index is 4.84. The van der Waals surface area contributed by atoms with Gasteiger partial charge in [-0.25, -0.2) is 9.97 Å². The molecule has 1 fully saturated rings. The summed E-state index contributed by atoms with van der Waals surface area (Å²) >= 11 is 0. The van der Waals surface area contributed by atoms with Crippen molar-refractivity contribution in [2.45, 2.75) is 13.5 Å². The minimum absolute atomic E-state index is 0.761. The van der Waals surface area contributed by atoms with E-state index in [0.29, 0.717) is 0 Å². The van der Waals surface area contributed by atoms with Crippen LogP contribution in [-0.4, -0.2) is 51.0 Å². The monoisotopic (exact) mass is 396 g/mol. The molecule has 4 heterocycles. The summed E-state index contributed by atoms with van der Waals surface area (Å²) in [5.74, 6) is 1.76. The average Bonchev–Trinajstić information content (AvgIpc) is 2.80. The highest BCUT2D eigenvalue weighted by atomic mass is 15.3. The highest BCUT2D eigenvalue weighted by molar-refractivity contribution is 5.81. The van der Waals surface area contributed by atoms with Gasteiger partial charge in [-0.2, -0.15) is 0 Å². The quantitative estimate of drug-likeness (QED) is 0.524. The van der Waals surface area contributed by atoms with Crippen LogP contribution in [0.2, 0.25) is 0 Å². The van der Waals surface area contributed by atoms with Crippen LogP contribution < -0.4 is 4.90 Å². The van der Waals surface area contributed by atoms with Gasteiger partial charge < -0.3 is 4.90 Å². The number of pyridine rings is 2. The molecule has 6 heteroatoms. The lowest BCUT2D eigenvalue weighted by atomic mass is 10.1. The average molecular weight is 396 g/mol. The van der Waals surface area contributed by atoms with E-state index in [-0.39, 0.29) is 0 Å². The highest BCUT2D eigenvalue weighted by Gasteiger charge is 2.20. The molecule has 0 saturated carbocycles. The maximum Gasteiger partial charge on any atom is 0.161 e. The summed E-state index contributed by atoms with van der Waals surface area (Å²) in [4.78, 5) is 23.0. The molecular formula is C24H24N6. The van der Waals surface area contributed by atoms with E-state index in [0.717, 1.165) is 61.1 Å². The van der Waals surface area contributed by atoms with E-state index < -0.39 is 0 Å². The Labute approximate surface area is 176 Å². The van der Waals surface area contributed by atoms with E-state index in [1.54, 1.807) is 12.4 Å². The van der Waals surface area contributed by atoms with E-state index in [2.05, 4.69) is 55.1 Å². The lowest BCUT2D eigenvalue weighted by Gasteiger charge is -2.35. The van der Waals surface area contributed by atoms with Crippen molar-refractivity contribution in [3.63, 3.8) is 0 Å². The third kappa shape index (κ3) is 3.86. The molecule has 150 valence electrons. The van der Waals surface area contributed by atoms with Crippen LogP contribution >= 0.6 is 0 Å². The van der Waals surface area contributed by atoms with Crippen LogP contribution in [0, 0.1) is 6.92 Å². The zero-order valence-corrected chi connectivity index (χ0v) is 17.1. The zero-order chi connectivity index (χ0) is 20.3. The van der Waals surface area contributed by atoms with Crippen molar-refractivity contribution in [3.8, 4) is 11.4 Å². The topological polar surface area (TPSA) is 58.0 Å².